The van der Waals surface area contributed by atoms with Crippen LogP contribution in [0, 0.1) is 12.3 Å². The number of nitrogens with one attached hydrogen (secondary N) is 1. The van der Waals surface area contributed by atoms with Gasteiger partial charge < -0.3 is 10.4 Å². The molecule has 0 aliphatic carbocycles. The zero-order valence-electron chi connectivity index (χ0n) is 6.97. The lowest BCUT2D eigenvalue weighted by Crippen LogP contribution is -2.61. The fraction of sp³-hybridized carbons (Fsp3) is 0.429. The van der Waals surface area contributed by atoms with Crippen molar-refractivity contribution in [2.24, 2.45) is 0 Å². The van der Waals surface area contributed by atoms with Gasteiger partial charge in [0.25, 0.3) is 5.91 Å². The second-order valence-electron chi connectivity index (χ2n) is 2.53. The maximum absolute atomic E-state index is 12.2. The predicted molar refractivity (Wildman–Crippen MR) is 39.1 cm³/mol. The normalized spacial score (nSPS) is 15.1. The predicted octanol–water partition coefficient (Wildman–Crippen LogP) is 0.141. The number of carbonyl (C=O) groups is 2. The second kappa shape index (κ2) is 3.57. The molecule has 0 heterocycles. The number of halogens is 3. The topological polar surface area (TPSA) is 66.4 Å². The van der Waals surface area contributed by atoms with E-state index in [0.717, 1.165) is 0 Å². The van der Waals surface area contributed by atoms with Crippen LogP contribution in [-0.4, -0.2) is 28.7 Å². The molecule has 14 heavy (non-hydrogen) atoms. The van der Waals surface area contributed by atoms with E-state index < -0.39 is 23.6 Å². The summed E-state index contributed by atoms with van der Waals surface area (Å²) in [4.78, 5) is 20.8. The van der Waals surface area contributed by atoms with Crippen LogP contribution in [-0.2, 0) is 9.59 Å². The quantitative estimate of drug-likeness (QED) is 0.636. The fourth-order valence-electron chi connectivity index (χ4n) is 0.509. The molecule has 0 spiro atoms. The first-order valence-corrected chi connectivity index (χ1v) is 3.24. The Bertz CT molecular complexity index is 304. The van der Waals surface area contributed by atoms with Gasteiger partial charge in [0.1, 0.15) is 0 Å². The highest BCUT2D eigenvalue weighted by Gasteiger charge is 2.58. The molecular formula is C7H6F3NO3. The number of amides is 1. The maximum atomic E-state index is 12.2. The summed E-state index contributed by atoms with van der Waals surface area (Å²) in [6, 6.07) is 0. The van der Waals surface area contributed by atoms with Crippen LogP contribution in [0.2, 0.25) is 0 Å². The highest BCUT2D eigenvalue weighted by atomic mass is 19.4. The van der Waals surface area contributed by atoms with Gasteiger partial charge in [0.05, 0.1) is 0 Å². The van der Waals surface area contributed by atoms with Gasteiger partial charge in [-0.25, -0.2) is 4.79 Å². The Kier molecular flexibility index (Phi) is 3.14. The molecule has 2 N–H and O–H groups in total. The van der Waals surface area contributed by atoms with Gasteiger partial charge in [-0.1, -0.05) is 0 Å². The van der Waals surface area contributed by atoms with Crippen molar-refractivity contribution in [1.82, 2.24) is 5.32 Å². The molecule has 1 unspecified atom stereocenters. The van der Waals surface area contributed by atoms with Gasteiger partial charge in [-0.15, -0.1) is 6.42 Å². The lowest BCUT2D eigenvalue weighted by atomic mass is 10.0. The van der Waals surface area contributed by atoms with E-state index in [1.165, 1.54) is 11.2 Å². The SMILES string of the molecule is C#CC(=O)NC(C)(C(=O)O)C(F)(F)F. The van der Waals surface area contributed by atoms with E-state index in [0.29, 0.717) is 6.92 Å². The molecule has 0 rings (SSSR count). The molecule has 7 heteroatoms. The summed E-state index contributed by atoms with van der Waals surface area (Å²) in [5, 5.41) is 9.49. The molecule has 4 nitrogen and oxygen atoms in total. The Morgan fingerprint density at radius 2 is 1.86 bits per heavy atom. The van der Waals surface area contributed by atoms with Crippen LogP contribution in [0.5, 0.6) is 0 Å². The van der Waals surface area contributed by atoms with Crippen molar-refractivity contribution in [1.29, 1.82) is 0 Å². The van der Waals surface area contributed by atoms with E-state index in [4.69, 9.17) is 5.11 Å². The summed E-state index contributed by atoms with van der Waals surface area (Å²) in [7, 11) is 0. The van der Waals surface area contributed by atoms with Crippen LogP contribution < -0.4 is 5.32 Å². The van der Waals surface area contributed by atoms with E-state index in [9.17, 15) is 22.8 Å². The minimum Gasteiger partial charge on any atom is -0.479 e. The number of terminal acetylenes is 1. The molecule has 0 saturated carbocycles. The van der Waals surface area contributed by atoms with Gasteiger partial charge in [0, 0.05) is 0 Å². The summed E-state index contributed by atoms with van der Waals surface area (Å²) < 4.78 is 36.6. The van der Waals surface area contributed by atoms with Crippen molar-refractivity contribution in [2.75, 3.05) is 0 Å². The molecule has 0 aliphatic heterocycles. The molecule has 0 aromatic carbocycles. The number of rotatable bonds is 2. The lowest BCUT2D eigenvalue weighted by molar-refractivity contribution is -0.206. The van der Waals surface area contributed by atoms with E-state index in [1.54, 1.807) is 0 Å². The van der Waals surface area contributed by atoms with Crippen LogP contribution in [0.4, 0.5) is 13.2 Å². The smallest absolute Gasteiger partial charge is 0.422 e. The van der Waals surface area contributed by atoms with E-state index in [1.807, 2.05) is 0 Å². The van der Waals surface area contributed by atoms with Gasteiger partial charge in [-0.3, -0.25) is 4.79 Å². The number of hydrogen-bond donors (Lipinski definition) is 2. The molecule has 0 bridgehead atoms. The van der Waals surface area contributed by atoms with Gasteiger partial charge in [-0.2, -0.15) is 13.2 Å². The lowest BCUT2D eigenvalue weighted by Gasteiger charge is -2.27. The van der Waals surface area contributed by atoms with Crippen LogP contribution in [0.25, 0.3) is 0 Å². The minimum absolute atomic E-state index is 0.310. The third-order valence-corrected chi connectivity index (χ3v) is 1.49. The van der Waals surface area contributed by atoms with Gasteiger partial charge in [-0.05, 0) is 12.8 Å². The van der Waals surface area contributed by atoms with Crippen molar-refractivity contribution in [3.05, 3.63) is 0 Å². The first-order chi connectivity index (χ1) is 6.15. The zero-order valence-corrected chi connectivity index (χ0v) is 6.97. The van der Waals surface area contributed by atoms with Crippen molar-refractivity contribution in [3.63, 3.8) is 0 Å². The third-order valence-electron chi connectivity index (χ3n) is 1.49. The Hall–Kier alpha value is -1.71. The van der Waals surface area contributed by atoms with Crippen LogP contribution in [0.1, 0.15) is 6.92 Å². The third kappa shape index (κ3) is 2.16. The monoisotopic (exact) mass is 209 g/mol. The van der Waals surface area contributed by atoms with E-state index in [-0.39, 0.29) is 0 Å². The number of hydrogen-bond acceptors (Lipinski definition) is 2. The van der Waals surface area contributed by atoms with Crippen molar-refractivity contribution in [3.8, 4) is 12.3 Å². The number of carboxylic acid groups (broad SMARTS) is 1. The first-order valence-electron chi connectivity index (χ1n) is 3.24. The second-order valence-corrected chi connectivity index (χ2v) is 2.53. The molecule has 0 aromatic heterocycles. The average Bonchev–Trinajstić information content (AvgIpc) is 2.01. The Morgan fingerprint density at radius 1 is 1.43 bits per heavy atom. The average molecular weight is 209 g/mol. The molecular weight excluding hydrogens is 203 g/mol. The summed E-state index contributed by atoms with van der Waals surface area (Å²) in [6.07, 6.45) is -0.619. The van der Waals surface area contributed by atoms with Gasteiger partial charge in [0.15, 0.2) is 0 Å². The van der Waals surface area contributed by atoms with Crippen LogP contribution in [0.15, 0.2) is 0 Å². The van der Waals surface area contributed by atoms with E-state index >= 15 is 0 Å². The number of carbonyl (C=O) groups excluding carboxylic acids is 1. The molecule has 0 radical (unpaired) electrons. The molecule has 78 valence electrons. The van der Waals surface area contributed by atoms with Crippen LogP contribution in [0.3, 0.4) is 0 Å². The number of alkyl halides is 3. The van der Waals surface area contributed by atoms with Crippen LogP contribution >= 0.6 is 0 Å². The summed E-state index contributed by atoms with van der Waals surface area (Å²) in [6.45, 7) is 0.310. The number of carboxylic acids is 1. The Labute approximate surface area is 77.1 Å². The summed E-state index contributed by atoms with van der Waals surface area (Å²) >= 11 is 0. The molecule has 0 aromatic rings. The van der Waals surface area contributed by atoms with Crippen molar-refractivity contribution >= 4 is 11.9 Å². The summed E-state index contributed by atoms with van der Waals surface area (Å²) in [5.41, 5.74) is -3.36. The van der Waals surface area contributed by atoms with Crippen molar-refractivity contribution < 1.29 is 27.9 Å². The Morgan fingerprint density at radius 3 is 2.07 bits per heavy atom. The maximum Gasteiger partial charge on any atom is 0.422 e. The standard InChI is InChI=1S/C7H6F3NO3/c1-3-4(12)11-6(2,5(13)14)7(8,9)10/h1H,2H3,(H,11,12)(H,13,14). The Balaban J connectivity index is 5.06. The van der Waals surface area contributed by atoms with E-state index in [2.05, 4.69) is 6.42 Å². The number of aliphatic carboxylic acids is 1. The highest BCUT2D eigenvalue weighted by molar-refractivity contribution is 5.97. The first kappa shape index (κ1) is 12.3. The molecule has 1 atom stereocenters. The molecule has 0 saturated heterocycles. The van der Waals surface area contributed by atoms with Gasteiger partial charge in [0.2, 0.25) is 5.54 Å². The fourth-order valence-corrected chi connectivity index (χ4v) is 0.509. The molecule has 1 amide bonds. The molecule has 0 aliphatic rings. The minimum atomic E-state index is -5.12. The van der Waals surface area contributed by atoms with Crippen molar-refractivity contribution in [2.45, 2.75) is 18.6 Å². The highest BCUT2D eigenvalue weighted by Crippen LogP contribution is 2.30. The zero-order chi connectivity index (χ0) is 11.6. The molecule has 0 fully saturated rings. The van der Waals surface area contributed by atoms with Gasteiger partial charge >= 0.3 is 12.1 Å². The largest absolute Gasteiger partial charge is 0.479 e. The summed E-state index contributed by atoms with van der Waals surface area (Å²) in [5.74, 6) is -2.33.